The van der Waals surface area contributed by atoms with Gasteiger partial charge in [-0.25, -0.2) is 0 Å². The maximum Gasteiger partial charge on any atom is 0.138 e. The van der Waals surface area contributed by atoms with E-state index in [0.717, 1.165) is 55.5 Å². The highest BCUT2D eigenvalue weighted by atomic mass is 16.6. The van der Waals surface area contributed by atoms with Crippen molar-refractivity contribution in [2.45, 2.75) is 80.7 Å². The van der Waals surface area contributed by atoms with Gasteiger partial charge >= 0.3 is 0 Å². The molecule has 2 aliphatic carbocycles. The van der Waals surface area contributed by atoms with Gasteiger partial charge in [0.15, 0.2) is 0 Å². The Kier molecular flexibility index (Phi) is 6.25. The minimum Gasteiger partial charge on any atom is -0.387 e. The molecule has 2 heterocycles. The van der Waals surface area contributed by atoms with Crippen molar-refractivity contribution in [3.05, 3.63) is 23.8 Å². The first-order valence-corrected chi connectivity index (χ1v) is 12.2. The van der Waals surface area contributed by atoms with Crippen LogP contribution in [0, 0.1) is 17.2 Å². The second-order valence-corrected chi connectivity index (χ2v) is 10.3. The van der Waals surface area contributed by atoms with Crippen LogP contribution in [-0.4, -0.2) is 72.1 Å². The van der Waals surface area contributed by atoms with Crippen molar-refractivity contribution < 1.29 is 14.9 Å². The third-order valence-electron chi connectivity index (χ3n) is 8.04. The summed E-state index contributed by atoms with van der Waals surface area (Å²) in [7, 11) is 2.06. The Labute approximate surface area is 195 Å². The van der Waals surface area contributed by atoms with Crippen molar-refractivity contribution in [1.82, 2.24) is 10.2 Å². The van der Waals surface area contributed by atoms with E-state index < -0.39 is 24.5 Å². The molecule has 0 bridgehead atoms. The number of fused-ring (bicyclic) bond motifs is 1. The van der Waals surface area contributed by atoms with E-state index in [2.05, 4.69) is 52.2 Å². The quantitative estimate of drug-likeness (QED) is 0.299. The Bertz CT molecular complexity index is 897. The zero-order valence-electron chi connectivity index (χ0n) is 19.2. The number of hydrogen-bond donors (Lipinski definition) is 6. The summed E-state index contributed by atoms with van der Waals surface area (Å²) in [6, 6.07) is 9.31. The summed E-state index contributed by atoms with van der Waals surface area (Å²) in [6.07, 6.45) is 3.76. The van der Waals surface area contributed by atoms with Crippen molar-refractivity contribution in [2.24, 2.45) is 11.7 Å². The molecule has 9 heteroatoms. The lowest BCUT2D eigenvalue weighted by atomic mass is 9.76. The van der Waals surface area contributed by atoms with Crippen LogP contribution in [0.5, 0.6) is 0 Å². The molecule has 9 nitrogen and oxygen atoms in total. The van der Waals surface area contributed by atoms with Crippen LogP contribution < -0.4 is 21.7 Å². The number of nitriles is 1. The van der Waals surface area contributed by atoms with E-state index in [9.17, 15) is 15.5 Å². The first-order valence-electron chi connectivity index (χ1n) is 12.2. The summed E-state index contributed by atoms with van der Waals surface area (Å²) in [4.78, 5) is 2.24. The molecule has 0 radical (unpaired) electrons. The van der Waals surface area contributed by atoms with Crippen molar-refractivity contribution in [2.75, 3.05) is 30.9 Å². The summed E-state index contributed by atoms with van der Waals surface area (Å²) in [5.74, 6) is 0.695. The van der Waals surface area contributed by atoms with Gasteiger partial charge in [0.2, 0.25) is 0 Å². The van der Waals surface area contributed by atoms with E-state index in [-0.39, 0.29) is 18.2 Å². The largest absolute Gasteiger partial charge is 0.387 e. The summed E-state index contributed by atoms with van der Waals surface area (Å²) in [5, 5.41) is 39.9. The molecular weight excluding hydrogens is 420 g/mol. The average Bonchev–Trinajstić information content (AvgIpc) is 3.41. The first-order chi connectivity index (χ1) is 15.9. The number of likely N-dealkylation sites (N-methyl/N-ethyl adjacent to an activating group) is 1. The molecule has 3 fully saturated rings. The van der Waals surface area contributed by atoms with Crippen LogP contribution in [0.15, 0.2) is 18.2 Å². The van der Waals surface area contributed by atoms with Gasteiger partial charge in [-0.3, -0.25) is 5.32 Å². The van der Waals surface area contributed by atoms with Gasteiger partial charge in [0.05, 0.1) is 29.0 Å². The fraction of sp³-hybridized carbons (Fsp3) is 0.708. The lowest BCUT2D eigenvalue weighted by molar-refractivity contribution is -0.0348. The average molecular weight is 457 g/mol. The second-order valence-electron chi connectivity index (χ2n) is 10.3. The van der Waals surface area contributed by atoms with Crippen LogP contribution in [0.2, 0.25) is 0 Å². The predicted molar refractivity (Wildman–Crippen MR) is 125 cm³/mol. The zero-order valence-corrected chi connectivity index (χ0v) is 19.2. The molecule has 0 amide bonds. The number of nitrogens with zero attached hydrogens (tertiary/aromatic N) is 2. The van der Waals surface area contributed by atoms with Crippen molar-refractivity contribution in [3.8, 4) is 6.07 Å². The van der Waals surface area contributed by atoms with Crippen molar-refractivity contribution >= 4 is 11.4 Å². The number of rotatable bonds is 9. The third-order valence-corrected chi connectivity index (χ3v) is 8.04. The maximum absolute atomic E-state index is 10.3. The molecule has 7 N–H and O–H groups in total. The van der Waals surface area contributed by atoms with Crippen LogP contribution >= 0.6 is 0 Å². The minimum absolute atomic E-state index is 0.193. The highest BCUT2D eigenvalue weighted by molar-refractivity contribution is 5.76. The SMILES string of the molecule is CN(C[C@H]1O[C@@H](NCN)[C@H](O)[C@@H]1O)C1CC(CCC2Nc3ccc(C4(C#N)CC4)cc3N2)C1. The molecule has 0 spiro atoms. The molecule has 2 aliphatic heterocycles. The Balaban J connectivity index is 1.04. The molecule has 1 aromatic carbocycles. The van der Waals surface area contributed by atoms with Crippen molar-refractivity contribution in [3.63, 3.8) is 0 Å². The Hall–Kier alpha value is -1.93. The molecular formula is C24H36N6O3. The number of benzene rings is 1. The van der Waals surface area contributed by atoms with Gasteiger partial charge in [-0.05, 0) is 69.2 Å². The van der Waals surface area contributed by atoms with Crippen LogP contribution in [0.1, 0.15) is 44.1 Å². The predicted octanol–water partition coefficient (Wildman–Crippen LogP) is 0.848. The van der Waals surface area contributed by atoms with Gasteiger partial charge in [0.1, 0.15) is 24.5 Å². The number of anilines is 2. The molecule has 5 rings (SSSR count). The molecule has 2 saturated carbocycles. The second kappa shape index (κ2) is 9.02. The minimum atomic E-state index is -0.956. The monoisotopic (exact) mass is 456 g/mol. The fourth-order valence-corrected chi connectivity index (χ4v) is 5.55. The summed E-state index contributed by atoms with van der Waals surface area (Å²) < 4.78 is 5.76. The van der Waals surface area contributed by atoms with Gasteiger partial charge in [0, 0.05) is 19.3 Å². The number of hydrogen-bond acceptors (Lipinski definition) is 9. The molecule has 33 heavy (non-hydrogen) atoms. The number of aliphatic hydroxyl groups excluding tert-OH is 2. The van der Waals surface area contributed by atoms with Crippen molar-refractivity contribution in [1.29, 1.82) is 5.26 Å². The molecule has 0 aromatic heterocycles. The van der Waals surface area contributed by atoms with E-state index in [0.29, 0.717) is 18.5 Å². The van der Waals surface area contributed by atoms with E-state index >= 15 is 0 Å². The zero-order chi connectivity index (χ0) is 23.2. The summed E-state index contributed by atoms with van der Waals surface area (Å²) in [5.41, 5.74) is 8.60. The number of ether oxygens (including phenoxy) is 1. The topological polar surface area (TPSA) is 139 Å². The number of nitrogens with two attached hydrogens (primary N) is 1. The van der Waals surface area contributed by atoms with Crippen LogP contribution in [0.3, 0.4) is 0 Å². The first kappa shape index (κ1) is 22.8. The molecule has 5 atom stereocenters. The fourth-order valence-electron chi connectivity index (χ4n) is 5.55. The van der Waals surface area contributed by atoms with Crippen LogP contribution in [0.25, 0.3) is 0 Å². The highest BCUT2D eigenvalue weighted by Gasteiger charge is 2.46. The maximum atomic E-state index is 10.3. The summed E-state index contributed by atoms with van der Waals surface area (Å²) >= 11 is 0. The summed E-state index contributed by atoms with van der Waals surface area (Å²) in [6.45, 7) is 0.783. The lowest BCUT2D eigenvalue weighted by Crippen LogP contribution is -2.48. The van der Waals surface area contributed by atoms with Gasteiger partial charge in [-0.1, -0.05) is 6.07 Å². The van der Waals surface area contributed by atoms with Gasteiger partial charge in [0.25, 0.3) is 0 Å². The third kappa shape index (κ3) is 4.44. The number of aliphatic hydroxyl groups is 2. The van der Waals surface area contributed by atoms with Crippen LogP contribution in [-0.2, 0) is 10.2 Å². The van der Waals surface area contributed by atoms with Gasteiger partial charge in [-0.2, -0.15) is 5.26 Å². The van der Waals surface area contributed by atoms with Gasteiger partial charge in [-0.15, -0.1) is 0 Å². The van der Waals surface area contributed by atoms with E-state index in [4.69, 9.17) is 10.5 Å². The normalized spacial score (nSPS) is 35.9. The van der Waals surface area contributed by atoms with E-state index in [1.54, 1.807) is 0 Å². The van der Waals surface area contributed by atoms with E-state index in [1.165, 1.54) is 0 Å². The molecule has 1 aromatic rings. The Morgan fingerprint density at radius 2 is 1.97 bits per heavy atom. The standard InChI is InChI=1S/C24H36N6O3/c1-30(11-19-21(31)22(32)23(33-19)27-13-26)16-8-14(9-16)2-5-20-28-17-4-3-15(10-18(17)29-20)24(12-25)6-7-24/h3-4,10,14,16,19-23,27-29,31-32H,2,5-9,11,13,26H2,1H3/t14?,16?,19-,20?,21-,22-,23-/m1/s1. The Morgan fingerprint density at radius 1 is 1.21 bits per heavy atom. The van der Waals surface area contributed by atoms with Crippen LogP contribution in [0.4, 0.5) is 11.4 Å². The van der Waals surface area contributed by atoms with E-state index in [1.807, 2.05) is 0 Å². The molecule has 1 saturated heterocycles. The smallest absolute Gasteiger partial charge is 0.138 e. The molecule has 1 unspecified atom stereocenters. The molecule has 180 valence electrons. The number of nitrogens with one attached hydrogen (secondary N) is 3. The van der Waals surface area contributed by atoms with Gasteiger partial charge < -0.3 is 36.2 Å². The molecule has 4 aliphatic rings. The highest BCUT2D eigenvalue weighted by Crippen LogP contribution is 2.49. The Morgan fingerprint density at radius 3 is 2.67 bits per heavy atom. The lowest BCUT2D eigenvalue weighted by Gasteiger charge is -2.42.